The molecular formula is C24H28O5S. The zero-order chi connectivity index (χ0) is 21.8. The summed E-state index contributed by atoms with van der Waals surface area (Å²) in [5.74, 6) is 0.484. The Kier molecular flexibility index (Phi) is 9.35. The Morgan fingerprint density at radius 1 is 0.900 bits per heavy atom. The smallest absolute Gasteiger partial charge is 0.330 e. The molecule has 30 heavy (non-hydrogen) atoms. The Labute approximate surface area is 179 Å². The number of sulfone groups is 1. The van der Waals surface area contributed by atoms with Crippen molar-refractivity contribution in [3.05, 3.63) is 72.3 Å². The number of esters is 1. The van der Waals surface area contributed by atoms with Crippen LogP contribution >= 0.6 is 0 Å². The average molecular weight is 429 g/mol. The molecule has 0 aromatic heterocycles. The normalized spacial score (nSPS) is 11.4. The van der Waals surface area contributed by atoms with Crippen molar-refractivity contribution >= 4 is 28.0 Å². The van der Waals surface area contributed by atoms with Gasteiger partial charge in [-0.15, -0.1) is 0 Å². The van der Waals surface area contributed by atoms with E-state index >= 15 is 0 Å². The van der Waals surface area contributed by atoms with Crippen molar-refractivity contribution in [2.75, 3.05) is 19.5 Å². The summed E-state index contributed by atoms with van der Waals surface area (Å²) in [5, 5.41) is 0. The van der Waals surface area contributed by atoms with E-state index in [9.17, 15) is 13.2 Å². The van der Waals surface area contributed by atoms with Crippen molar-refractivity contribution in [3.63, 3.8) is 0 Å². The highest BCUT2D eigenvalue weighted by atomic mass is 32.2. The average Bonchev–Trinajstić information content (AvgIpc) is 2.77. The molecule has 0 N–H and O–H groups in total. The number of carbonyl (C=O) groups excluding carboxylic acids is 1. The van der Waals surface area contributed by atoms with Gasteiger partial charge < -0.3 is 9.47 Å². The largest absolute Gasteiger partial charge is 0.497 e. The molecule has 5 nitrogen and oxygen atoms in total. The summed E-state index contributed by atoms with van der Waals surface area (Å²) in [6, 6.07) is 14.6. The number of methoxy groups -OCH3 is 1. The lowest BCUT2D eigenvalue weighted by atomic mass is 10.1. The van der Waals surface area contributed by atoms with Crippen molar-refractivity contribution in [3.8, 4) is 5.75 Å². The van der Waals surface area contributed by atoms with Gasteiger partial charge in [-0.2, -0.15) is 0 Å². The summed E-state index contributed by atoms with van der Waals surface area (Å²) in [7, 11) is -1.67. The van der Waals surface area contributed by atoms with Crippen LogP contribution in [0.25, 0.3) is 12.2 Å². The molecule has 0 amide bonds. The van der Waals surface area contributed by atoms with E-state index < -0.39 is 15.8 Å². The van der Waals surface area contributed by atoms with Crippen LogP contribution in [0.15, 0.2) is 66.1 Å². The van der Waals surface area contributed by atoms with Gasteiger partial charge >= 0.3 is 5.97 Å². The van der Waals surface area contributed by atoms with Gasteiger partial charge in [-0.25, -0.2) is 13.2 Å². The monoisotopic (exact) mass is 428 g/mol. The van der Waals surface area contributed by atoms with E-state index in [4.69, 9.17) is 9.47 Å². The van der Waals surface area contributed by atoms with Crippen molar-refractivity contribution < 1.29 is 22.7 Å². The second kappa shape index (κ2) is 12.0. The molecular weight excluding hydrogens is 400 g/mol. The summed E-state index contributed by atoms with van der Waals surface area (Å²) in [6.07, 6.45) is 7.92. The fourth-order valence-corrected chi connectivity index (χ4v) is 4.16. The maximum Gasteiger partial charge on any atom is 0.330 e. The van der Waals surface area contributed by atoms with Crippen molar-refractivity contribution in [1.29, 1.82) is 0 Å². The first-order valence-electron chi connectivity index (χ1n) is 9.89. The topological polar surface area (TPSA) is 69.7 Å². The molecule has 0 unspecified atom stereocenters. The van der Waals surface area contributed by atoms with E-state index in [0.717, 1.165) is 42.2 Å². The molecule has 0 saturated heterocycles. The van der Waals surface area contributed by atoms with Crippen LogP contribution in [-0.4, -0.2) is 33.9 Å². The number of hydrogen-bond donors (Lipinski definition) is 0. The molecule has 0 aliphatic rings. The molecule has 0 bridgehead atoms. The van der Waals surface area contributed by atoms with Crippen LogP contribution in [0.3, 0.4) is 0 Å². The zero-order valence-corrected chi connectivity index (χ0v) is 18.1. The molecule has 2 aromatic carbocycles. The van der Waals surface area contributed by atoms with Gasteiger partial charge in [0.15, 0.2) is 9.84 Å². The van der Waals surface area contributed by atoms with Gasteiger partial charge in [-0.3, -0.25) is 0 Å². The molecule has 2 aromatic rings. The quantitative estimate of drug-likeness (QED) is 0.207. The Hall–Kier alpha value is -2.86. The number of rotatable bonds is 12. The molecule has 0 spiro atoms. The molecule has 0 heterocycles. The highest BCUT2D eigenvalue weighted by Crippen LogP contribution is 2.17. The van der Waals surface area contributed by atoms with Crippen LogP contribution in [0.2, 0.25) is 0 Å². The van der Waals surface area contributed by atoms with Gasteiger partial charge in [0.1, 0.15) is 5.75 Å². The van der Waals surface area contributed by atoms with Gasteiger partial charge in [-0.1, -0.05) is 55.8 Å². The molecule has 0 aliphatic heterocycles. The minimum atomic E-state index is -3.30. The van der Waals surface area contributed by atoms with E-state index in [1.165, 1.54) is 0 Å². The third kappa shape index (κ3) is 7.87. The third-order valence-corrected chi connectivity index (χ3v) is 6.36. The molecule has 0 atom stereocenters. The molecule has 0 saturated carbocycles. The lowest BCUT2D eigenvalue weighted by Gasteiger charge is -2.06. The highest BCUT2D eigenvalue weighted by molar-refractivity contribution is 7.91. The van der Waals surface area contributed by atoms with Crippen molar-refractivity contribution in [2.24, 2.45) is 0 Å². The Balaban J connectivity index is 1.80. The zero-order valence-electron chi connectivity index (χ0n) is 17.3. The van der Waals surface area contributed by atoms with E-state index in [1.807, 2.05) is 36.4 Å². The molecule has 0 aliphatic carbocycles. The van der Waals surface area contributed by atoms with E-state index in [0.29, 0.717) is 17.9 Å². The minimum Gasteiger partial charge on any atom is -0.497 e. The van der Waals surface area contributed by atoms with Crippen LogP contribution < -0.4 is 4.74 Å². The second-order valence-electron chi connectivity index (χ2n) is 6.78. The van der Waals surface area contributed by atoms with Gasteiger partial charge in [0.25, 0.3) is 0 Å². The van der Waals surface area contributed by atoms with Crippen LogP contribution in [0.5, 0.6) is 5.75 Å². The molecule has 2 rings (SSSR count). The number of ether oxygens (including phenoxy) is 2. The van der Waals surface area contributed by atoms with Gasteiger partial charge in [0, 0.05) is 6.08 Å². The fraction of sp³-hybridized carbons (Fsp3) is 0.292. The Morgan fingerprint density at radius 2 is 1.47 bits per heavy atom. The number of carbonyl (C=O) groups is 1. The van der Waals surface area contributed by atoms with E-state index in [-0.39, 0.29) is 5.75 Å². The number of unbranched alkanes of at least 4 members (excludes halogenated alkanes) is 3. The number of hydrogen-bond acceptors (Lipinski definition) is 5. The van der Waals surface area contributed by atoms with Crippen molar-refractivity contribution in [1.82, 2.24) is 0 Å². The van der Waals surface area contributed by atoms with E-state index in [1.54, 1.807) is 31.4 Å². The summed E-state index contributed by atoms with van der Waals surface area (Å²) >= 11 is 0. The summed E-state index contributed by atoms with van der Waals surface area (Å²) in [6.45, 7) is 3.67. The van der Waals surface area contributed by atoms with Crippen LogP contribution in [0, 0.1) is 0 Å². The maximum absolute atomic E-state index is 12.5. The standard InChI is InChI=1S/C24H28O5S/c1-3-24(25)29-18-6-4-5-7-19-30(26,27)23-16-12-21(13-17-23)9-8-20-10-14-22(28-2)15-11-20/h3,8-17H,1,4-7,18-19H2,2H3. The van der Waals surface area contributed by atoms with Gasteiger partial charge in [0.2, 0.25) is 0 Å². The SMILES string of the molecule is C=CC(=O)OCCCCCCS(=O)(=O)c1ccc(C=Cc2ccc(OC)cc2)cc1. The second-order valence-corrected chi connectivity index (χ2v) is 8.89. The predicted octanol–water partition coefficient (Wildman–Crippen LogP) is 4.93. The number of benzene rings is 2. The van der Waals surface area contributed by atoms with Crippen molar-refractivity contribution in [2.45, 2.75) is 30.6 Å². The fourth-order valence-electron chi connectivity index (χ4n) is 2.79. The van der Waals surface area contributed by atoms with Gasteiger partial charge in [0.05, 0.1) is 24.4 Å². The van der Waals surface area contributed by atoms with Crippen LogP contribution in [0.1, 0.15) is 36.8 Å². The molecule has 160 valence electrons. The third-order valence-electron chi connectivity index (χ3n) is 4.54. The van der Waals surface area contributed by atoms with Crippen LogP contribution in [-0.2, 0) is 19.4 Å². The first-order valence-corrected chi connectivity index (χ1v) is 11.5. The van der Waals surface area contributed by atoms with Gasteiger partial charge in [-0.05, 0) is 48.2 Å². The van der Waals surface area contributed by atoms with E-state index in [2.05, 4.69) is 6.58 Å². The Morgan fingerprint density at radius 3 is 2.03 bits per heavy atom. The molecule has 0 fully saturated rings. The lowest BCUT2D eigenvalue weighted by molar-refractivity contribution is -0.137. The summed E-state index contributed by atoms with van der Waals surface area (Å²) in [4.78, 5) is 11.3. The predicted molar refractivity (Wildman–Crippen MR) is 120 cm³/mol. The first-order chi connectivity index (χ1) is 14.4. The Bertz CT molecular complexity index is 942. The first kappa shape index (κ1) is 23.4. The highest BCUT2D eigenvalue weighted by Gasteiger charge is 2.13. The lowest BCUT2D eigenvalue weighted by Crippen LogP contribution is -2.07. The minimum absolute atomic E-state index is 0.112. The van der Waals surface area contributed by atoms with Crippen LogP contribution in [0.4, 0.5) is 0 Å². The molecule has 0 radical (unpaired) electrons. The summed E-state index contributed by atoms with van der Waals surface area (Å²) in [5.41, 5.74) is 1.96. The summed E-state index contributed by atoms with van der Waals surface area (Å²) < 4.78 is 35.0. The molecule has 6 heteroatoms. The maximum atomic E-state index is 12.5.